The molecule has 1 aromatic carbocycles. The average Bonchev–Trinajstić information content (AvgIpc) is 2.75. The molecule has 0 spiro atoms. The molecule has 21 heavy (non-hydrogen) atoms. The van der Waals surface area contributed by atoms with Crippen LogP contribution >= 0.6 is 15.9 Å². The van der Waals surface area contributed by atoms with Gasteiger partial charge in [0.1, 0.15) is 11.5 Å². The number of halogens is 2. The van der Waals surface area contributed by atoms with Crippen LogP contribution in [0.1, 0.15) is 16.1 Å². The molecule has 5 nitrogen and oxygen atoms in total. The summed E-state index contributed by atoms with van der Waals surface area (Å²) in [6, 6.07) is 7.37. The Morgan fingerprint density at radius 2 is 2.05 bits per heavy atom. The van der Waals surface area contributed by atoms with Crippen LogP contribution in [-0.4, -0.2) is 16.4 Å². The monoisotopic (exact) mass is 353 g/mol. The molecule has 2 N–H and O–H groups in total. The second-order valence-electron chi connectivity index (χ2n) is 4.46. The van der Waals surface area contributed by atoms with E-state index < -0.39 is 17.6 Å². The molecular formula is C14H13BrFN3O2. The summed E-state index contributed by atoms with van der Waals surface area (Å²) in [5.41, 5.74) is 5.54. The molecule has 0 aliphatic rings. The molecule has 0 saturated heterocycles. The SMILES string of the molecule is Cn1cc(Br)cc1C(=O)NNC(=O)Cc1cccc(F)c1. The topological polar surface area (TPSA) is 63.1 Å². The lowest BCUT2D eigenvalue weighted by molar-refractivity contribution is -0.121. The van der Waals surface area contributed by atoms with E-state index in [9.17, 15) is 14.0 Å². The third-order valence-corrected chi connectivity index (χ3v) is 3.21. The number of carbonyl (C=O) groups excluding carboxylic acids is 2. The summed E-state index contributed by atoms with van der Waals surface area (Å²) in [7, 11) is 1.72. The second kappa shape index (κ2) is 6.53. The number of nitrogens with one attached hydrogen (secondary N) is 2. The summed E-state index contributed by atoms with van der Waals surface area (Å²) >= 11 is 3.26. The smallest absolute Gasteiger partial charge is 0.286 e. The first-order valence-electron chi connectivity index (χ1n) is 6.11. The Morgan fingerprint density at radius 3 is 2.67 bits per heavy atom. The van der Waals surface area contributed by atoms with Gasteiger partial charge in [-0.25, -0.2) is 4.39 Å². The maximum absolute atomic E-state index is 13.0. The number of nitrogens with zero attached hydrogens (tertiary/aromatic N) is 1. The normalized spacial score (nSPS) is 10.2. The van der Waals surface area contributed by atoms with E-state index >= 15 is 0 Å². The van der Waals surface area contributed by atoms with Crippen LogP contribution in [0.2, 0.25) is 0 Å². The van der Waals surface area contributed by atoms with Crippen molar-refractivity contribution in [2.75, 3.05) is 0 Å². The fourth-order valence-electron chi connectivity index (χ4n) is 1.82. The number of hydrazine groups is 1. The third-order valence-electron chi connectivity index (χ3n) is 2.77. The molecule has 110 valence electrons. The third kappa shape index (κ3) is 4.16. The lowest BCUT2D eigenvalue weighted by atomic mass is 10.1. The van der Waals surface area contributed by atoms with E-state index in [1.54, 1.807) is 29.9 Å². The minimum absolute atomic E-state index is 0.0190. The first kappa shape index (κ1) is 15.2. The second-order valence-corrected chi connectivity index (χ2v) is 5.38. The average molecular weight is 354 g/mol. The largest absolute Gasteiger partial charge is 0.345 e. The molecule has 0 radical (unpaired) electrons. The van der Waals surface area contributed by atoms with Gasteiger partial charge in [0.15, 0.2) is 0 Å². The highest BCUT2D eigenvalue weighted by atomic mass is 79.9. The van der Waals surface area contributed by atoms with Crippen LogP contribution in [0.15, 0.2) is 41.0 Å². The fraction of sp³-hybridized carbons (Fsp3) is 0.143. The van der Waals surface area contributed by atoms with E-state index in [2.05, 4.69) is 26.8 Å². The lowest BCUT2D eigenvalue weighted by Crippen LogP contribution is -2.42. The summed E-state index contributed by atoms with van der Waals surface area (Å²) in [5.74, 6) is -1.27. The Balaban J connectivity index is 1.89. The zero-order chi connectivity index (χ0) is 15.4. The van der Waals surface area contributed by atoms with Gasteiger partial charge in [0, 0.05) is 17.7 Å². The quantitative estimate of drug-likeness (QED) is 0.828. The number of aryl methyl sites for hydroxylation is 1. The number of hydrogen-bond donors (Lipinski definition) is 2. The van der Waals surface area contributed by atoms with Crippen LogP contribution < -0.4 is 10.9 Å². The zero-order valence-electron chi connectivity index (χ0n) is 11.2. The Bertz CT molecular complexity index is 685. The number of amides is 2. The highest BCUT2D eigenvalue weighted by molar-refractivity contribution is 9.10. The summed E-state index contributed by atoms with van der Waals surface area (Å²) in [4.78, 5) is 23.5. The van der Waals surface area contributed by atoms with Gasteiger partial charge in [-0.3, -0.25) is 20.4 Å². The van der Waals surface area contributed by atoms with E-state index in [1.165, 1.54) is 18.2 Å². The minimum Gasteiger partial charge on any atom is -0.345 e. The van der Waals surface area contributed by atoms with Gasteiger partial charge in [-0.1, -0.05) is 12.1 Å². The van der Waals surface area contributed by atoms with Crippen LogP contribution in [0.4, 0.5) is 4.39 Å². The molecule has 0 unspecified atom stereocenters. The fourth-order valence-corrected chi connectivity index (χ4v) is 2.34. The maximum atomic E-state index is 13.0. The number of carbonyl (C=O) groups is 2. The van der Waals surface area contributed by atoms with Gasteiger partial charge >= 0.3 is 0 Å². The first-order valence-corrected chi connectivity index (χ1v) is 6.90. The summed E-state index contributed by atoms with van der Waals surface area (Å²) in [6.07, 6.45) is 1.71. The summed E-state index contributed by atoms with van der Waals surface area (Å²) < 4.78 is 15.4. The van der Waals surface area contributed by atoms with Gasteiger partial charge < -0.3 is 4.57 Å². The van der Waals surface area contributed by atoms with Crippen LogP contribution in [0.5, 0.6) is 0 Å². The summed E-state index contributed by atoms with van der Waals surface area (Å²) in [6.45, 7) is 0. The van der Waals surface area contributed by atoms with E-state index in [0.717, 1.165) is 4.47 Å². The van der Waals surface area contributed by atoms with Crippen LogP contribution in [-0.2, 0) is 18.3 Å². The zero-order valence-corrected chi connectivity index (χ0v) is 12.8. The van der Waals surface area contributed by atoms with Crippen molar-refractivity contribution in [2.45, 2.75) is 6.42 Å². The van der Waals surface area contributed by atoms with Crippen molar-refractivity contribution >= 4 is 27.7 Å². The molecule has 1 heterocycles. The molecular weight excluding hydrogens is 341 g/mol. The van der Waals surface area contributed by atoms with Crippen LogP contribution in [0, 0.1) is 5.82 Å². The molecule has 2 rings (SSSR count). The number of hydrogen-bond acceptors (Lipinski definition) is 2. The first-order chi connectivity index (χ1) is 9.95. The Labute approximate surface area is 129 Å². The Hall–Kier alpha value is -2.15. The molecule has 0 fully saturated rings. The van der Waals surface area contributed by atoms with Crippen molar-refractivity contribution in [1.82, 2.24) is 15.4 Å². The van der Waals surface area contributed by atoms with Gasteiger partial charge in [-0.15, -0.1) is 0 Å². The molecule has 7 heteroatoms. The van der Waals surface area contributed by atoms with Gasteiger partial charge in [-0.05, 0) is 39.7 Å². The van der Waals surface area contributed by atoms with Crippen molar-refractivity contribution in [3.05, 3.63) is 58.1 Å². The molecule has 2 aromatic rings. The number of benzene rings is 1. The lowest BCUT2D eigenvalue weighted by Gasteiger charge is -2.08. The van der Waals surface area contributed by atoms with Crippen LogP contribution in [0.3, 0.4) is 0 Å². The predicted octanol–water partition coefficient (Wildman–Crippen LogP) is 1.93. The van der Waals surface area contributed by atoms with Gasteiger partial charge in [0.05, 0.1) is 6.42 Å². The molecule has 1 aromatic heterocycles. The van der Waals surface area contributed by atoms with Gasteiger partial charge in [-0.2, -0.15) is 0 Å². The van der Waals surface area contributed by atoms with Crippen molar-refractivity contribution in [1.29, 1.82) is 0 Å². The number of aromatic nitrogens is 1. The van der Waals surface area contributed by atoms with Crippen molar-refractivity contribution < 1.29 is 14.0 Å². The Morgan fingerprint density at radius 1 is 1.29 bits per heavy atom. The molecule has 0 atom stereocenters. The number of rotatable bonds is 3. The van der Waals surface area contributed by atoms with Crippen molar-refractivity contribution in [2.24, 2.45) is 7.05 Å². The standard InChI is InChI=1S/C14H13BrFN3O2/c1-19-8-10(15)7-12(19)14(21)18-17-13(20)6-9-3-2-4-11(16)5-9/h2-5,7-8H,6H2,1H3,(H,17,20)(H,18,21). The van der Waals surface area contributed by atoms with E-state index in [1.807, 2.05) is 0 Å². The molecule has 0 aliphatic heterocycles. The highest BCUT2D eigenvalue weighted by Crippen LogP contribution is 2.13. The predicted molar refractivity (Wildman–Crippen MR) is 78.8 cm³/mol. The van der Waals surface area contributed by atoms with Crippen molar-refractivity contribution in [3.8, 4) is 0 Å². The van der Waals surface area contributed by atoms with Crippen LogP contribution in [0.25, 0.3) is 0 Å². The van der Waals surface area contributed by atoms with Crippen molar-refractivity contribution in [3.63, 3.8) is 0 Å². The molecule has 0 aliphatic carbocycles. The maximum Gasteiger partial charge on any atom is 0.286 e. The van der Waals surface area contributed by atoms with E-state index in [4.69, 9.17) is 0 Å². The van der Waals surface area contributed by atoms with Gasteiger partial charge in [0.25, 0.3) is 5.91 Å². The van der Waals surface area contributed by atoms with E-state index in [-0.39, 0.29) is 6.42 Å². The molecule has 0 saturated carbocycles. The Kier molecular flexibility index (Phi) is 4.74. The summed E-state index contributed by atoms with van der Waals surface area (Å²) in [5, 5.41) is 0. The highest BCUT2D eigenvalue weighted by Gasteiger charge is 2.12. The van der Waals surface area contributed by atoms with Gasteiger partial charge in [0.2, 0.25) is 5.91 Å². The van der Waals surface area contributed by atoms with E-state index in [0.29, 0.717) is 11.3 Å². The minimum atomic E-state index is -0.434. The molecule has 2 amide bonds. The molecule has 0 bridgehead atoms.